The van der Waals surface area contributed by atoms with Gasteiger partial charge in [0.05, 0.1) is 0 Å². The lowest BCUT2D eigenvalue weighted by atomic mass is 10.1. The predicted octanol–water partition coefficient (Wildman–Crippen LogP) is 1.02. The van der Waals surface area contributed by atoms with E-state index < -0.39 is 0 Å². The second-order valence-electron chi connectivity index (χ2n) is 3.08. The van der Waals surface area contributed by atoms with Crippen molar-refractivity contribution in [1.82, 2.24) is 5.32 Å². The van der Waals surface area contributed by atoms with Crippen molar-refractivity contribution < 1.29 is 0 Å². The van der Waals surface area contributed by atoms with E-state index in [0.717, 1.165) is 13.0 Å². The quantitative estimate of drug-likeness (QED) is 0.477. The van der Waals surface area contributed by atoms with Crippen molar-refractivity contribution in [2.75, 3.05) is 6.54 Å². The largest absolute Gasteiger partial charge is 0.370 e. The fraction of sp³-hybridized carbons (Fsp3) is 0.300. The summed E-state index contributed by atoms with van der Waals surface area (Å²) in [4.78, 5) is 0. The van der Waals surface area contributed by atoms with Gasteiger partial charge in [0.1, 0.15) is 0 Å². The van der Waals surface area contributed by atoms with Crippen molar-refractivity contribution in [2.45, 2.75) is 13.3 Å². The Labute approximate surface area is 78.5 Å². The predicted molar refractivity (Wildman–Crippen MR) is 54.8 cm³/mol. The Morgan fingerprint density at radius 1 is 1.38 bits per heavy atom. The first-order valence-corrected chi connectivity index (χ1v) is 4.32. The maximum Gasteiger partial charge on any atom is 0.185 e. The number of benzene rings is 1. The Balaban J connectivity index is 2.37. The van der Waals surface area contributed by atoms with Gasteiger partial charge in [-0.3, -0.25) is 5.41 Å². The minimum atomic E-state index is 0.0344. The van der Waals surface area contributed by atoms with Crippen molar-refractivity contribution in [1.29, 1.82) is 5.41 Å². The Morgan fingerprint density at radius 2 is 2.00 bits per heavy atom. The van der Waals surface area contributed by atoms with Gasteiger partial charge in [-0.1, -0.05) is 29.8 Å². The minimum Gasteiger partial charge on any atom is -0.370 e. The molecular formula is C10H15N3. The van der Waals surface area contributed by atoms with Gasteiger partial charge in [-0.05, 0) is 18.9 Å². The molecule has 0 amide bonds. The van der Waals surface area contributed by atoms with Crippen LogP contribution >= 0.6 is 0 Å². The summed E-state index contributed by atoms with van der Waals surface area (Å²) in [7, 11) is 0. The van der Waals surface area contributed by atoms with Gasteiger partial charge < -0.3 is 11.1 Å². The van der Waals surface area contributed by atoms with Gasteiger partial charge in [0, 0.05) is 6.54 Å². The average molecular weight is 177 g/mol. The Bertz CT molecular complexity index is 277. The second kappa shape index (κ2) is 4.50. The molecule has 0 aliphatic rings. The lowest BCUT2D eigenvalue weighted by Gasteiger charge is -2.03. The SMILES string of the molecule is Cc1ccc(CCNC(=N)N)cc1. The normalized spacial score (nSPS) is 9.62. The summed E-state index contributed by atoms with van der Waals surface area (Å²) in [5.41, 5.74) is 7.68. The van der Waals surface area contributed by atoms with E-state index in [1.807, 2.05) is 0 Å². The maximum atomic E-state index is 6.96. The van der Waals surface area contributed by atoms with E-state index in [-0.39, 0.29) is 5.96 Å². The molecule has 0 aliphatic carbocycles. The number of aryl methyl sites for hydroxylation is 1. The molecule has 1 rings (SSSR count). The zero-order valence-corrected chi connectivity index (χ0v) is 7.80. The van der Waals surface area contributed by atoms with Crippen LogP contribution in [0.5, 0.6) is 0 Å². The molecule has 3 nitrogen and oxygen atoms in total. The average Bonchev–Trinajstić information content (AvgIpc) is 2.08. The van der Waals surface area contributed by atoms with Crippen molar-refractivity contribution in [3.63, 3.8) is 0 Å². The summed E-state index contributed by atoms with van der Waals surface area (Å²) in [5, 5.41) is 9.73. The summed E-state index contributed by atoms with van der Waals surface area (Å²) >= 11 is 0. The van der Waals surface area contributed by atoms with E-state index in [9.17, 15) is 0 Å². The summed E-state index contributed by atoms with van der Waals surface area (Å²) in [6.07, 6.45) is 0.903. The van der Waals surface area contributed by atoms with Crippen molar-refractivity contribution in [3.05, 3.63) is 35.4 Å². The molecule has 3 heteroatoms. The molecule has 0 bridgehead atoms. The smallest absolute Gasteiger partial charge is 0.185 e. The van der Waals surface area contributed by atoms with E-state index >= 15 is 0 Å². The lowest BCUT2D eigenvalue weighted by Crippen LogP contribution is -2.31. The molecular weight excluding hydrogens is 162 g/mol. The van der Waals surface area contributed by atoms with Crippen LogP contribution in [-0.2, 0) is 6.42 Å². The Morgan fingerprint density at radius 3 is 2.54 bits per heavy atom. The summed E-state index contributed by atoms with van der Waals surface area (Å²) < 4.78 is 0. The highest BCUT2D eigenvalue weighted by atomic mass is 15.0. The van der Waals surface area contributed by atoms with Crippen LogP contribution in [0.4, 0.5) is 0 Å². The van der Waals surface area contributed by atoms with Gasteiger partial charge in [-0.25, -0.2) is 0 Å². The van der Waals surface area contributed by atoms with Crippen LogP contribution in [-0.4, -0.2) is 12.5 Å². The summed E-state index contributed by atoms with van der Waals surface area (Å²) in [6.45, 7) is 2.79. The van der Waals surface area contributed by atoms with Gasteiger partial charge in [-0.2, -0.15) is 0 Å². The number of guanidine groups is 1. The molecule has 1 aromatic rings. The molecule has 0 saturated heterocycles. The van der Waals surface area contributed by atoms with Crippen LogP contribution in [0.25, 0.3) is 0 Å². The molecule has 0 atom stereocenters. The molecule has 0 radical (unpaired) electrons. The van der Waals surface area contributed by atoms with E-state index in [1.54, 1.807) is 0 Å². The molecule has 4 N–H and O–H groups in total. The summed E-state index contributed by atoms with van der Waals surface area (Å²) in [6, 6.07) is 8.36. The second-order valence-corrected chi connectivity index (χ2v) is 3.08. The molecule has 70 valence electrons. The fourth-order valence-electron chi connectivity index (χ4n) is 1.10. The van der Waals surface area contributed by atoms with Gasteiger partial charge in [0.25, 0.3) is 0 Å². The number of rotatable bonds is 3. The molecule has 13 heavy (non-hydrogen) atoms. The van der Waals surface area contributed by atoms with Crippen molar-refractivity contribution in [2.24, 2.45) is 5.73 Å². The summed E-state index contributed by atoms with van der Waals surface area (Å²) in [5.74, 6) is 0.0344. The maximum absolute atomic E-state index is 6.96. The molecule has 1 aromatic carbocycles. The van der Waals surface area contributed by atoms with Gasteiger partial charge in [0.2, 0.25) is 0 Å². The third kappa shape index (κ3) is 3.60. The lowest BCUT2D eigenvalue weighted by molar-refractivity contribution is 0.854. The highest BCUT2D eigenvalue weighted by Crippen LogP contribution is 2.02. The Kier molecular flexibility index (Phi) is 3.31. The monoisotopic (exact) mass is 177 g/mol. The molecule has 0 saturated carbocycles. The first-order valence-electron chi connectivity index (χ1n) is 4.32. The Hall–Kier alpha value is -1.51. The van der Waals surface area contributed by atoms with Crippen molar-refractivity contribution >= 4 is 5.96 Å². The highest BCUT2D eigenvalue weighted by molar-refractivity contribution is 5.74. The van der Waals surface area contributed by atoms with E-state index in [4.69, 9.17) is 11.1 Å². The third-order valence-corrected chi connectivity index (χ3v) is 1.85. The van der Waals surface area contributed by atoms with E-state index in [1.165, 1.54) is 11.1 Å². The number of hydrogen-bond donors (Lipinski definition) is 3. The minimum absolute atomic E-state index is 0.0344. The fourth-order valence-corrected chi connectivity index (χ4v) is 1.10. The highest BCUT2D eigenvalue weighted by Gasteiger charge is 1.92. The van der Waals surface area contributed by atoms with Gasteiger partial charge >= 0.3 is 0 Å². The molecule has 0 fully saturated rings. The molecule has 0 heterocycles. The van der Waals surface area contributed by atoms with Crippen LogP contribution in [0.3, 0.4) is 0 Å². The third-order valence-electron chi connectivity index (χ3n) is 1.85. The molecule has 0 spiro atoms. The van der Waals surface area contributed by atoms with Crippen LogP contribution in [0.1, 0.15) is 11.1 Å². The molecule has 0 aliphatic heterocycles. The zero-order valence-electron chi connectivity index (χ0n) is 7.80. The van der Waals surface area contributed by atoms with Crippen molar-refractivity contribution in [3.8, 4) is 0 Å². The van der Waals surface area contributed by atoms with Crippen LogP contribution < -0.4 is 11.1 Å². The number of nitrogens with two attached hydrogens (primary N) is 1. The van der Waals surface area contributed by atoms with E-state index in [0.29, 0.717) is 0 Å². The van der Waals surface area contributed by atoms with E-state index in [2.05, 4.69) is 36.5 Å². The van der Waals surface area contributed by atoms with Gasteiger partial charge in [-0.15, -0.1) is 0 Å². The molecule has 0 unspecified atom stereocenters. The standard InChI is InChI=1S/C10H15N3/c1-8-2-4-9(5-3-8)6-7-13-10(11)12/h2-5H,6-7H2,1H3,(H4,11,12,13). The van der Waals surface area contributed by atoms with Crippen LogP contribution in [0, 0.1) is 12.3 Å². The number of hydrogen-bond acceptors (Lipinski definition) is 1. The molecule has 0 aromatic heterocycles. The first kappa shape index (κ1) is 9.58. The van der Waals surface area contributed by atoms with Gasteiger partial charge in [0.15, 0.2) is 5.96 Å². The topological polar surface area (TPSA) is 61.9 Å². The zero-order chi connectivity index (χ0) is 9.68. The number of nitrogens with one attached hydrogen (secondary N) is 2. The first-order chi connectivity index (χ1) is 6.18. The van der Waals surface area contributed by atoms with Crippen LogP contribution in [0.15, 0.2) is 24.3 Å². The van der Waals surface area contributed by atoms with Crippen LogP contribution in [0.2, 0.25) is 0 Å².